The van der Waals surface area contributed by atoms with Gasteiger partial charge in [0.05, 0.1) is 12.7 Å². The maximum atomic E-state index is 13.1. The minimum Gasteiger partial charge on any atom is -0.493 e. The second-order valence-electron chi connectivity index (χ2n) is 7.44. The fourth-order valence-electron chi connectivity index (χ4n) is 3.26. The molecule has 2 aliphatic rings. The van der Waals surface area contributed by atoms with Gasteiger partial charge in [-0.3, -0.25) is 10.2 Å². The van der Waals surface area contributed by atoms with Crippen molar-refractivity contribution in [1.29, 1.82) is 5.41 Å². The van der Waals surface area contributed by atoms with E-state index in [1.54, 1.807) is 36.4 Å². The predicted octanol–water partition coefficient (Wildman–Crippen LogP) is 5.22. The van der Waals surface area contributed by atoms with Crippen LogP contribution in [0.1, 0.15) is 37.3 Å². The summed E-state index contributed by atoms with van der Waals surface area (Å²) in [5.74, 6) is 0.210. The first kappa shape index (κ1) is 22.7. The molecule has 0 bridgehead atoms. The van der Waals surface area contributed by atoms with Crippen LogP contribution in [-0.2, 0) is 11.4 Å². The van der Waals surface area contributed by atoms with Gasteiger partial charge in [-0.05, 0) is 66.1 Å². The van der Waals surface area contributed by atoms with E-state index in [0.717, 1.165) is 29.9 Å². The van der Waals surface area contributed by atoms with Crippen LogP contribution in [0.3, 0.4) is 0 Å². The van der Waals surface area contributed by atoms with E-state index >= 15 is 0 Å². The number of thioether (sulfide) groups is 1. The van der Waals surface area contributed by atoms with Crippen LogP contribution in [0.2, 0.25) is 0 Å². The summed E-state index contributed by atoms with van der Waals surface area (Å²) in [5, 5.41) is 15.7. The molecule has 0 unspecified atom stereocenters. The van der Waals surface area contributed by atoms with Crippen molar-refractivity contribution in [2.75, 3.05) is 7.11 Å². The van der Waals surface area contributed by atoms with Gasteiger partial charge in [0.2, 0.25) is 5.17 Å². The van der Waals surface area contributed by atoms with Gasteiger partial charge in [0.15, 0.2) is 17.3 Å². The van der Waals surface area contributed by atoms with Gasteiger partial charge in [0.25, 0.3) is 5.91 Å². The van der Waals surface area contributed by atoms with Crippen LogP contribution < -0.4 is 9.47 Å². The van der Waals surface area contributed by atoms with Crippen molar-refractivity contribution in [3.8, 4) is 11.5 Å². The van der Waals surface area contributed by atoms with Gasteiger partial charge in [-0.2, -0.15) is 15.1 Å². The topological polar surface area (TPSA) is 87.3 Å². The maximum Gasteiger partial charge on any atom is 0.283 e. The summed E-state index contributed by atoms with van der Waals surface area (Å²) >= 11 is 1.34. The molecule has 170 valence electrons. The first-order chi connectivity index (χ1) is 16.0. The quantitative estimate of drug-likeness (QED) is 0.539. The fraction of sp³-hybridized carbons (Fsp3) is 0.250. The van der Waals surface area contributed by atoms with Crippen LogP contribution in [0, 0.1) is 11.2 Å². The third-order valence-corrected chi connectivity index (χ3v) is 6.02. The lowest BCUT2D eigenvalue weighted by Gasteiger charge is -2.20. The lowest BCUT2D eigenvalue weighted by Crippen LogP contribution is -2.35. The standard InChI is InChI=1S/C24H23FN4O3S/c1-3-4-5-21-28-29-22(26)18(23(30)27-24(29)33-21)12-16-8-11-19(20(13-16)31-2)32-14-15-6-9-17(25)10-7-15/h6-13,26H,3-5,14H2,1-2H3. The number of aliphatic imine (C=N–C) groups is 1. The number of carbonyl (C=O) groups excluding carboxylic acids is 1. The molecule has 0 spiro atoms. The highest BCUT2D eigenvalue weighted by Crippen LogP contribution is 2.32. The molecule has 1 amide bonds. The number of fused-ring (bicyclic) bond motifs is 1. The zero-order chi connectivity index (χ0) is 23.4. The molecule has 9 heteroatoms. The molecule has 2 aromatic rings. The molecular weight excluding hydrogens is 443 g/mol. The highest BCUT2D eigenvalue weighted by Gasteiger charge is 2.35. The van der Waals surface area contributed by atoms with Crippen LogP contribution in [0.4, 0.5) is 4.39 Å². The molecule has 1 N–H and O–H groups in total. The lowest BCUT2D eigenvalue weighted by molar-refractivity contribution is -0.114. The number of ether oxygens (including phenoxy) is 2. The summed E-state index contributed by atoms with van der Waals surface area (Å²) in [5.41, 5.74) is 1.64. The Morgan fingerprint density at radius 1 is 1.18 bits per heavy atom. The normalized spacial score (nSPS) is 16.6. The molecule has 0 radical (unpaired) electrons. The number of benzene rings is 2. The Bertz CT molecular complexity index is 1170. The molecule has 0 saturated heterocycles. The van der Waals surface area contributed by atoms with E-state index in [0.29, 0.717) is 22.2 Å². The van der Waals surface area contributed by atoms with Crippen molar-refractivity contribution in [2.45, 2.75) is 32.8 Å². The Morgan fingerprint density at radius 2 is 1.97 bits per heavy atom. The van der Waals surface area contributed by atoms with E-state index < -0.39 is 5.91 Å². The Kier molecular flexibility index (Phi) is 6.88. The zero-order valence-electron chi connectivity index (χ0n) is 18.3. The first-order valence-corrected chi connectivity index (χ1v) is 11.3. The molecule has 2 aliphatic heterocycles. The van der Waals surface area contributed by atoms with Gasteiger partial charge in [0.1, 0.15) is 17.5 Å². The number of amidine groups is 2. The summed E-state index contributed by atoms with van der Waals surface area (Å²) in [6.07, 6.45) is 4.43. The monoisotopic (exact) mass is 466 g/mol. The number of halogens is 1. The van der Waals surface area contributed by atoms with Crippen molar-refractivity contribution in [1.82, 2.24) is 5.01 Å². The summed E-state index contributed by atoms with van der Waals surface area (Å²) < 4.78 is 24.3. The molecule has 33 heavy (non-hydrogen) atoms. The Hall–Kier alpha value is -3.46. The third kappa shape index (κ3) is 5.14. The average molecular weight is 467 g/mol. The minimum atomic E-state index is -0.471. The third-order valence-electron chi connectivity index (χ3n) is 5.05. The minimum absolute atomic E-state index is 0.000369. The smallest absolute Gasteiger partial charge is 0.283 e. The van der Waals surface area contributed by atoms with E-state index in [2.05, 4.69) is 17.0 Å². The number of hydrazone groups is 1. The number of rotatable bonds is 8. The van der Waals surface area contributed by atoms with Crippen LogP contribution in [0.5, 0.6) is 11.5 Å². The first-order valence-electron chi connectivity index (χ1n) is 10.5. The van der Waals surface area contributed by atoms with E-state index in [-0.39, 0.29) is 23.8 Å². The number of nitrogens with zero attached hydrogens (tertiary/aromatic N) is 3. The predicted molar refractivity (Wildman–Crippen MR) is 128 cm³/mol. The second-order valence-corrected chi connectivity index (χ2v) is 8.48. The van der Waals surface area contributed by atoms with Gasteiger partial charge in [-0.1, -0.05) is 31.5 Å². The van der Waals surface area contributed by atoms with Crippen molar-refractivity contribution in [3.63, 3.8) is 0 Å². The van der Waals surface area contributed by atoms with Gasteiger partial charge >= 0.3 is 0 Å². The summed E-state index contributed by atoms with van der Waals surface area (Å²) in [6.45, 7) is 2.35. The maximum absolute atomic E-state index is 13.1. The molecule has 0 fully saturated rings. The number of carbonyl (C=O) groups is 1. The molecule has 2 heterocycles. The lowest BCUT2D eigenvalue weighted by atomic mass is 10.1. The van der Waals surface area contributed by atoms with Gasteiger partial charge in [0, 0.05) is 0 Å². The molecule has 7 nitrogen and oxygen atoms in total. The van der Waals surface area contributed by atoms with E-state index in [9.17, 15) is 9.18 Å². The molecular formula is C24H23FN4O3S. The number of nitrogens with one attached hydrogen (secondary N) is 1. The van der Waals surface area contributed by atoms with E-state index in [1.807, 2.05) is 0 Å². The van der Waals surface area contributed by atoms with Gasteiger partial charge < -0.3 is 9.47 Å². The molecule has 0 saturated carbocycles. The zero-order valence-corrected chi connectivity index (χ0v) is 19.1. The van der Waals surface area contributed by atoms with Crippen LogP contribution >= 0.6 is 11.8 Å². The largest absolute Gasteiger partial charge is 0.493 e. The summed E-state index contributed by atoms with van der Waals surface area (Å²) in [6, 6.07) is 11.3. The fourth-order valence-corrected chi connectivity index (χ4v) is 4.19. The van der Waals surface area contributed by atoms with Crippen LogP contribution in [0.15, 0.2) is 58.1 Å². The molecule has 0 atom stereocenters. The highest BCUT2D eigenvalue weighted by molar-refractivity contribution is 8.26. The molecule has 4 rings (SSSR count). The van der Waals surface area contributed by atoms with Crippen molar-refractivity contribution in [3.05, 3.63) is 65.0 Å². The van der Waals surface area contributed by atoms with Crippen molar-refractivity contribution in [2.24, 2.45) is 10.1 Å². The second kappa shape index (κ2) is 9.99. The highest BCUT2D eigenvalue weighted by atomic mass is 32.2. The average Bonchev–Trinajstić information content (AvgIpc) is 3.23. The van der Waals surface area contributed by atoms with Gasteiger partial charge in [-0.25, -0.2) is 4.39 Å². The Morgan fingerprint density at radius 3 is 2.70 bits per heavy atom. The number of unbranched alkanes of at least 4 members (excludes halogenated alkanes) is 1. The van der Waals surface area contributed by atoms with E-state index in [1.165, 1.54) is 36.0 Å². The number of amides is 1. The Balaban J connectivity index is 1.52. The van der Waals surface area contributed by atoms with E-state index in [4.69, 9.17) is 14.9 Å². The molecule has 2 aromatic carbocycles. The number of methoxy groups -OCH3 is 1. The van der Waals surface area contributed by atoms with Crippen molar-refractivity contribution < 1.29 is 18.7 Å². The summed E-state index contributed by atoms with van der Waals surface area (Å²) in [7, 11) is 1.52. The van der Waals surface area contributed by atoms with Crippen LogP contribution in [-0.4, -0.2) is 34.1 Å². The summed E-state index contributed by atoms with van der Waals surface area (Å²) in [4.78, 5) is 16.7. The van der Waals surface area contributed by atoms with Crippen LogP contribution in [0.25, 0.3) is 6.08 Å². The number of hydrogen-bond donors (Lipinski definition) is 1. The Labute approximate surface area is 195 Å². The van der Waals surface area contributed by atoms with Gasteiger partial charge in [-0.15, -0.1) is 0 Å². The van der Waals surface area contributed by atoms with Crippen molar-refractivity contribution >= 4 is 39.8 Å². The number of hydrogen-bond acceptors (Lipinski definition) is 6. The molecule has 0 aliphatic carbocycles. The SMILES string of the molecule is CCCCC1=NN2C(=N)C(=Cc3ccc(OCc4ccc(F)cc4)c(OC)c3)C(=O)N=C2S1. The molecule has 0 aromatic heterocycles.